The van der Waals surface area contributed by atoms with Gasteiger partial charge in [0.2, 0.25) is 0 Å². The quantitative estimate of drug-likeness (QED) is 0.770. The summed E-state index contributed by atoms with van der Waals surface area (Å²) in [7, 11) is 0. The van der Waals surface area contributed by atoms with Crippen LogP contribution in [0.4, 0.5) is 5.82 Å². The van der Waals surface area contributed by atoms with E-state index in [4.69, 9.17) is 4.52 Å². The van der Waals surface area contributed by atoms with Gasteiger partial charge in [0.25, 0.3) is 5.71 Å². The molecule has 1 aliphatic carbocycles. The van der Waals surface area contributed by atoms with Gasteiger partial charge < -0.3 is 14.9 Å². The Morgan fingerprint density at radius 3 is 3.09 bits per heavy atom. The lowest BCUT2D eigenvalue weighted by Gasteiger charge is -2.24. The van der Waals surface area contributed by atoms with Crippen LogP contribution in [0.5, 0.6) is 0 Å². The minimum Gasteiger partial charge on any atom is -0.383 e. The summed E-state index contributed by atoms with van der Waals surface area (Å²) >= 11 is 0. The average Bonchev–Trinajstić information content (AvgIpc) is 3.08. The molecule has 1 atom stereocenters. The highest BCUT2D eigenvalue weighted by atomic mass is 16.5. The van der Waals surface area contributed by atoms with Crippen molar-refractivity contribution < 1.29 is 9.63 Å². The van der Waals surface area contributed by atoms with Crippen LogP contribution in [-0.2, 0) is 12.0 Å². The van der Waals surface area contributed by atoms with Crippen LogP contribution < -0.4 is 5.32 Å². The van der Waals surface area contributed by atoms with E-state index in [0.29, 0.717) is 24.5 Å². The van der Waals surface area contributed by atoms with Crippen LogP contribution in [0.3, 0.4) is 0 Å². The summed E-state index contributed by atoms with van der Waals surface area (Å²) in [6.07, 6.45) is 3.03. The number of hydrogen-bond acceptors (Lipinski definition) is 6. The van der Waals surface area contributed by atoms with Crippen LogP contribution in [0.25, 0.3) is 11.1 Å². The van der Waals surface area contributed by atoms with Gasteiger partial charge in [-0.1, -0.05) is 29.4 Å². The second-order valence-corrected chi connectivity index (χ2v) is 5.71. The van der Waals surface area contributed by atoms with E-state index in [9.17, 15) is 5.11 Å². The molecular formula is C16H16N4O2. The van der Waals surface area contributed by atoms with Crippen molar-refractivity contribution in [2.45, 2.75) is 25.4 Å². The molecule has 0 amide bonds. The predicted molar refractivity (Wildman–Crippen MR) is 81.5 cm³/mol. The summed E-state index contributed by atoms with van der Waals surface area (Å²) in [5.41, 5.74) is 2.51. The zero-order valence-corrected chi connectivity index (χ0v) is 12.2. The molecule has 3 aromatic rings. The van der Waals surface area contributed by atoms with Gasteiger partial charge >= 0.3 is 0 Å². The van der Waals surface area contributed by atoms with Gasteiger partial charge in [-0.15, -0.1) is 0 Å². The summed E-state index contributed by atoms with van der Waals surface area (Å²) in [6.45, 7) is 2.24. The Morgan fingerprint density at radius 2 is 2.18 bits per heavy atom. The molecule has 1 aromatic carbocycles. The highest BCUT2D eigenvalue weighted by Crippen LogP contribution is 2.37. The van der Waals surface area contributed by atoms with Crippen LogP contribution in [-0.4, -0.2) is 26.8 Å². The van der Waals surface area contributed by atoms with Crippen LogP contribution in [0.2, 0.25) is 0 Å². The van der Waals surface area contributed by atoms with Gasteiger partial charge in [0.1, 0.15) is 23.1 Å². The van der Waals surface area contributed by atoms with Gasteiger partial charge in [0.05, 0.1) is 5.69 Å². The minimum absolute atomic E-state index is 0.390. The largest absolute Gasteiger partial charge is 0.383 e. The summed E-state index contributed by atoms with van der Waals surface area (Å²) in [5, 5.41) is 18.9. The number of benzene rings is 1. The predicted octanol–water partition coefficient (Wildman–Crippen LogP) is 2.17. The zero-order valence-electron chi connectivity index (χ0n) is 12.2. The van der Waals surface area contributed by atoms with E-state index in [1.165, 1.54) is 11.9 Å². The summed E-state index contributed by atoms with van der Waals surface area (Å²) < 4.78 is 5.14. The molecule has 22 heavy (non-hydrogen) atoms. The van der Waals surface area contributed by atoms with Gasteiger partial charge in [-0.25, -0.2) is 4.98 Å². The number of fused-ring (bicyclic) bond motifs is 2. The molecule has 0 saturated carbocycles. The van der Waals surface area contributed by atoms with E-state index in [0.717, 1.165) is 23.1 Å². The molecular weight excluding hydrogens is 280 g/mol. The number of nitrogens with one attached hydrogen (secondary N) is 1. The van der Waals surface area contributed by atoms with Gasteiger partial charge in [0, 0.05) is 6.54 Å². The van der Waals surface area contributed by atoms with Crippen LogP contribution in [0.1, 0.15) is 23.2 Å². The molecule has 112 valence electrons. The minimum atomic E-state index is -0.876. The van der Waals surface area contributed by atoms with Crippen LogP contribution >= 0.6 is 0 Å². The average molecular weight is 296 g/mol. The maximum Gasteiger partial charge on any atom is 0.263 e. The Morgan fingerprint density at radius 1 is 1.32 bits per heavy atom. The molecule has 1 aliphatic rings. The third kappa shape index (κ3) is 1.95. The number of nitrogens with zero attached hydrogens (tertiary/aromatic N) is 3. The Labute approximate surface area is 127 Å². The Bertz CT molecular complexity index is 845. The molecule has 0 spiro atoms. The molecule has 0 radical (unpaired) electrons. The number of aryl methyl sites for hydroxylation is 2. The molecule has 6 heteroatoms. The maximum atomic E-state index is 11.0. The van der Waals surface area contributed by atoms with E-state index in [1.807, 2.05) is 25.1 Å². The number of hydrogen-bond donors (Lipinski definition) is 2. The normalized spacial score (nSPS) is 20.3. The molecule has 2 aromatic heterocycles. The fourth-order valence-corrected chi connectivity index (χ4v) is 3.14. The van der Waals surface area contributed by atoms with Crippen molar-refractivity contribution in [3.63, 3.8) is 0 Å². The molecule has 0 bridgehead atoms. The fourth-order valence-electron chi connectivity index (χ4n) is 3.14. The first kappa shape index (κ1) is 13.2. The highest BCUT2D eigenvalue weighted by molar-refractivity contribution is 5.87. The van der Waals surface area contributed by atoms with E-state index >= 15 is 0 Å². The van der Waals surface area contributed by atoms with E-state index in [-0.39, 0.29) is 0 Å². The number of anilines is 1. The molecule has 2 heterocycles. The monoisotopic (exact) mass is 296 g/mol. The number of rotatable bonds is 3. The van der Waals surface area contributed by atoms with Gasteiger partial charge in [0.15, 0.2) is 0 Å². The van der Waals surface area contributed by atoms with E-state index < -0.39 is 5.60 Å². The molecule has 0 saturated heterocycles. The summed E-state index contributed by atoms with van der Waals surface area (Å²) in [6, 6.07) is 8.03. The SMILES string of the molecule is Cc1noc2ncnc(NCC3(O)CCc4ccccc43)c12. The van der Waals surface area contributed by atoms with Gasteiger partial charge in [-0.2, -0.15) is 4.98 Å². The third-order valence-corrected chi connectivity index (χ3v) is 4.32. The second kappa shape index (κ2) is 4.78. The Balaban J connectivity index is 1.64. The number of aliphatic hydroxyl groups is 1. The lowest BCUT2D eigenvalue weighted by molar-refractivity contribution is 0.0526. The fraction of sp³-hybridized carbons (Fsp3) is 0.312. The first-order valence-electron chi connectivity index (χ1n) is 7.29. The smallest absolute Gasteiger partial charge is 0.263 e. The van der Waals surface area contributed by atoms with Gasteiger partial charge in [-0.05, 0) is 30.9 Å². The van der Waals surface area contributed by atoms with Crippen LogP contribution in [0.15, 0.2) is 35.1 Å². The molecule has 0 aliphatic heterocycles. The Kier molecular flexibility index (Phi) is 2.87. The van der Waals surface area contributed by atoms with Crippen molar-refractivity contribution >= 4 is 16.9 Å². The second-order valence-electron chi connectivity index (χ2n) is 5.71. The molecule has 1 unspecified atom stereocenters. The van der Waals surface area contributed by atoms with Crippen molar-refractivity contribution in [3.05, 3.63) is 47.4 Å². The summed E-state index contributed by atoms with van der Waals surface area (Å²) in [4.78, 5) is 8.31. The molecule has 0 fully saturated rings. The van der Waals surface area contributed by atoms with E-state index in [2.05, 4.69) is 26.5 Å². The lowest BCUT2D eigenvalue weighted by Crippen LogP contribution is -2.32. The standard InChI is InChI=1S/C16H16N4O2/c1-10-13-14(18-9-19-15(13)22-20-10)17-8-16(21)7-6-11-4-2-3-5-12(11)16/h2-5,9,21H,6-8H2,1H3,(H,17,18,19). The first-order valence-corrected chi connectivity index (χ1v) is 7.29. The Hall–Kier alpha value is -2.47. The van der Waals surface area contributed by atoms with Crippen molar-refractivity contribution in [3.8, 4) is 0 Å². The van der Waals surface area contributed by atoms with Crippen molar-refractivity contribution in [2.24, 2.45) is 0 Å². The van der Waals surface area contributed by atoms with Crippen molar-refractivity contribution in [1.29, 1.82) is 0 Å². The van der Waals surface area contributed by atoms with E-state index in [1.54, 1.807) is 0 Å². The third-order valence-electron chi connectivity index (χ3n) is 4.32. The molecule has 4 rings (SSSR count). The van der Waals surface area contributed by atoms with Gasteiger partial charge in [-0.3, -0.25) is 0 Å². The zero-order chi connectivity index (χ0) is 15.2. The van der Waals surface area contributed by atoms with Crippen molar-refractivity contribution in [1.82, 2.24) is 15.1 Å². The number of aromatic nitrogens is 3. The maximum absolute atomic E-state index is 11.0. The molecule has 2 N–H and O–H groups in total. The highest BCUT2D eigenvalue weighted by Gasteiger charge is 2.36. The molecule has 6 nitrogen and oxygen atoms in total. The van der Waals surface area contributed by atoms with Crippen LogP contribution in [0, 0.1) is 6.92 Å². The van der Waals surface area contributed by atoms with Crippen molar-refractivity contribution in [2.75, 3.05) is 11.9 Å². The summed E-state index contributed by atoms with van der Waals surface area (Å²) in [5.74, 6) is 0.640. The first-order chi connectivity index (χ1) is 10.7. The lowest BCUT2D eigenvalue weighted by atomic mass is 9.96. The topological polar surface area (TPSA) is 84.1 Å².